The number of nitrogens with one attached hydrogen (secondary N) is 2. The summed E-state index contributed by atoms with van der Waals surface area (Å²) in [6.07, 6.45) is 3.91. The molecule has 24 heavy (non-hydrogen) atoms. The lowest BCUT2D eigenvalue weighted by Crippen LogP contribution is -2.36. The molecular formula is C19H19ClN2O2. The normalized spacial score (nSPS) is 18.2. The van der Waals surface area contributed by atoms with Gasteiger partial charge in [-0.2, -0.15) is 0 Å². The Kier molecular flexibility index (Phi) is 3.53. The number of H-pyrrole nitrogens is 1. The van der Waals surface area contributed by atoms with Crippen molar-refractivity contribution in [1.82, 2.24) is 10.3 Å². The number of rotatable bonds is 3. The van der Waals surface area contributed by atoms with Crippen LogP contribution in [0.3, 0.4) is 0 Å². The number of carbonyl (C=O) groups is 2. The van der Waals surface area contributed by atoms with E-state index in [1.807, 2.05) is 31.2 Å². The lowest BCUT2D eigenvalue weighted by molar-refractivity contribution is 0.0911. The zero-order chi connectivity index (χ0) is 16.9. The van der Waals surface area contributed by atoms with Gasteiger partial charge in [-0.15, -0.1) is 0 Å². The second kappa shape index (κ2) is 5.49. The van der Waals surface area contributed by atoms with E-state index in [-0.39, 0.29) is 11.7 Å². The van der Waals surface area contributed by atoms with Gasteiger partial charge in [0.2, 0.25) is 0 Å². The Morgan fingerprint density at radius 2 is 2.00 bits per heavy atom. The molecule has 5 heteroatoms. The van der Waals surface area contributed by atoms with Gasteiger partial charge in [0.15, 0.2) is 5.78 Å². The van der Waals surface area contributed by atoms with Crippen LogP contribution in [0.25, 0.3) is 0 Å². The minimum atomic E-state index is -0.399. The number of halogens is 1. The number of amides is 1. The molecule has 0 radical (unpaired) electrons. The van der Waals surface area contributed by atoms with E-state index in [1.165, 1.54) is 0 Å². The SMILES string of the molecule is Cc1[nH]c2c(c1C(=O)NC1(c3ccccc3Cl)CC1)C(=O)CCC2. The van der Waals surface area contributed by atoms with E-state index in [4.69, 9.17) is 11.6 Å². The zero-order valence-electron chi connectivity index (χ0n) is 13.5. The van der Waals surface area contributed by atoms with Gasteiger partial charge >= 0.3 is 0 Å². The van der Waals surface area contributed by atoms with Crippen LogP contribution in [-0.4, -0.2) is 16.7 Å². The fourth-order valence-corrected chi connectivity index (χ4v) is 4.05. The Labute approximate surface area is 145 Å². The third kappa shape index (κ3) is 2.37. The Balaban J connectivity index is 1.68. The fourth-order valence-electron chi connectivity index (χ4n) is 3.74. The minimum Gasteiger partial charge on any atom is -0.361 e. The van der Waals surface area contributed by atoms with Crippen molar-refractivity contribution in [2.45, 2.75) is 44.6 Å². The minimum absolute atomic E-state index is 0.0633. The maximum absolute atomic E-state index is 13.0. The van der Waals surface area contributed by atoms with Crippen molar-refractivity contribution in [1.29, 1.82) is 0 Å². The monoisotopic (exact) mass is 342 g/mol. The molecule has 124 valence electrons. The van der Waals surface area contributed by atoms with Crippen LogP contribution in [0.4, 0.5) is 0 Å². The van der Waals surface area contributed by atoms with Crippen LogP contribution in [0.1, 0.15) is 63.4 Å². The number of hydrogen-bond acceptors (Lipinski definition) is 2. The van der Waals surface area contributed by atoms with Gasteiger partial charge in [0.05, 0.1) is 16.7 Å². The van der Waals surface area contributed by atoms with Crippen molar-refractivity contribution in [3.63, 3.8) is 0 Å². The van der Waals surface area contributed by atoms with Crippen molar-refractivity contribution in [3.8, 4) is 0 Å². The molecule has 1 amide bonds. The van der Waals surface area contributed by atoms with E-state index in [0.717, 1.165) is 42.6 Å². The van der Waals surface area contributed by atoms with Crippen molar-refractivity contribution in [3.05, 3.63) is 57.4 Å². The third-order valence-electron chi connectivity index (χ3n) is 5.09. The summed E-state index contributed by atoms with van der Waals surface area (Å²) < 4.78 is 0. The number of carbonyl (C=O) groups excluding carboxylic acids is 2. The highest BCUT2D eigenvalue weighted by atomic mass is 35.5. The largest absolute Gasteiger partial charge is 0.361 e. The van der Waals surface area contributed by atoms with Crippen LogP contribution in [0.15, 0.2) is 24.3 Å². The van der Waals surface area contributed by atoms with E-state index in [2.05, 4.69) is 10.3 Å². The van der Waals surface area contributed by atoms with E-state index >= 15 is 0 Å². The molecule has 4 rings (SSSR count). The molecule has 4 nitrogen and oxygen atoms in total. The van der Waals surface area contributed by atoms with Crippen molar-refractivity contribution in [2.75, 3.05) is 0 Å². The number of aromatic nitrogens is 1. The van der Waals surface area contributed by atoms with Crippen molar-refractivity contribution >= 4 is 23.3 Å². The van der Waals surface area contributed by atoms with Crippen LogP contribution in [-0.2, 0) is 12.0 Å². The average Bonchev–Trinajstić information content (AvgIpc) is 3.22. The second-order valence-corrected chi connectivity index (χ2v) is 7.18. The number of aromatic amines is 1. The third-order valence-corrected chi connectivity index (χ3v) is 5.42. The summed E-state index contributed by atoms with van der Waals surface area (Å²) in [6, 6.07) is 7.62. The first-order chi connectivity index (χ1) is 11.5. The highest BCUT2D eigenvalue weighted by molar-refractivity contribution is 6.31. The molecule has 0 unspecified atom stereocenters. The van der Waals surface area contributed by atoms with Crippen LogP contribution < -0.4 is 5.32 Å². The predicted octanol–water partition coefficient (Wildman–Crippen LogP) is 3.91. The summed E-state index contributed by atoms with van der Waals surface area (Å²) in [6.45, 7) is 1.86. The number of aryl methyl sites for hydroxylation is 2. The maximum Gasteiger partial charge on any atom is 0.254 e. The summed E-state index contributed by atoms with van der Waals surface area (Å²) >= 11 is 6.32. The molecular weight excluding hydrogens is 324 g/mol. The van der Waals surface area contributed by atoms with Crippen LogP contribution in [0.2, 0.25) is 5.02 Å². The van der Waals surface area contributed by atoms with Gasteiger partial charge in [-0.05, 0) is 44.2 Å². The molecule has 0 bridgehead atoms. The molecule has 1 saturated carbocycles. The van der Waals surface area contributed by atoms with Crippen LogP contribution in [0, 0.1) is 6.92 Å². The fraction of sp³-hybridized carbons (Fsp3) is 0.368. The van der Waals surface area contributed by atoms with E-state index in [1.54, 1.807) is 0 Å². The Morgan fingerprint density at radius 3 is 2.71 bits per heavy atom. The van der Waals surface area contributed by atoms with Gasteiger partial charge in [0.25, 0.3) is 5.91 Å². The van der Waals surface area contributed by atoms with Crippen LogP contribution >= 0.6 is 11.6 Å². The van der Waals surface area contributed by atoms with Crippen molar-refractivity contribution in [2.24, 2.45) is 0 Å². The van der Waals surface area contributed by atoms with Gasteiger partial charge in [0.1, 0.15) is 0 Å². The van der Waals surface area contributed by atoms with E-state index < -0.39 is 5.54 Å². The smallest absolute Gasteiger partial charge is 0.254 e. The molecule has 2 aliphatic carbocycles. The summed E-state index contributed by atoms with van der Waals surface area (Å²) in [7, 11) is 0. The predicted molar refractivity (Wildman–Crippen MR) is 92.6 cm³/mol. The Hall–Kier alpha value is -2.07. The number of hydrogen-bond donors (Lipinski definition) is 2. The zero-order valence-corrected chi connectivity index (χ0v) is 14.3. The molecule has 2 N–H and O–H groups in total. The Bertz CT molecular complexity index is 849. The first-order valence-electron chi connectivity index (χ1n) is 8.34. The quantitative estimate of drug-likeness (QED) is 0.888. The highest BCUT2D eigenvalue weighted by Crippen LogP contribution is 2.48. The van der Waals surface area contributed by atoms with Gasteiger partial charge in [-0.25, -0.2) is 0 Å². The molecule has 1 fully saturated rings. The van der Waals surface area contributed by atoms with E-state index in [0.29, 0.717) is 22.6 Å². The molecule has 1 aromatic carbocycles. The summed E-state index contributed by atoms with van der Waals surface area (Å²) in [5, 5.41) is 3.81. The van der Waals surface area contributed by atoms with Crippen LogP contribution in [0.5, 0.6) is 0 Å². The Morgan fingerprint density at radius 1 is 1.25 bits per heavy atom. The molecule has 2 aliphatic rings. The van der Waals surface area contributed by atoms with Gasteiger partial charge in [0, 0.05) is 22.8 Å². The molecule has 1 aromatic heterocycles. The molecule has 0 spiro atoms. The summed E-state index contributed by atoms with van der Waals surface area (Å²) in [5.74, 6) is -0.119. The molecule has 0 saturated heterocycles. The first-order valence-corrected chi connectivity index (χ1v) is 8.72. The first kappa shape index (κ1) is 15.5. The molecule has 0 aliphatic heterocycles. The molecule has 2 aromatic rings. The molecule has 0 atom stereocenters. The topological polar surface area (TPSA) is 62.0 Å². The molecule has 1 heterocycles. The van der Waals surface area contributed by atoms with E-state index in [9.17, 15) is 9.59 Å². The average molecular weight is 343 g/mol. The van der Waals surface area contributed by atoms with Gasteiger partial charge in [-0.1, -0.05) is 29.8 Å². The highest BCUT2D eigenvalue weighted by Gasteiger charge is 2.47. The van der Waals surface area contributed by atoms with Gasteiger partial charge in [-0.3, -0.25) is 9.59 Å². The van der Waals surface area contributed by atoms with Crippen molar-refractivity contribution < 1.29 is 9.59 Å². The lowest BCUT2D eigenvalue weighted by Gasteiger charge is -2.20. The number of fused-ring (bicyclic) bond motifs is 1. The maximum atomic E-state index is 13.0. The lowest BCUT2D eigenvalue weighted by atomic mass is 9.92. The number of Topliss-reactive ketones (excluding diaryl/α,β-unsaturated/α-hetero) is 1. The second-order valence-electron chi connectivity index (χ2n) is 6.77. The van der Waals surface area contributed by atoms with Gasteiger partial charge < -0.3 is 10.3 Å². The number of benzene rings is 1. The number of ketones is 1. The summed E-state index contributed by atoms with van der Waals surface area (Å²) in [4.78, 5) is 28.5. The standard InChI is InChI=1S/C19H19ClN2O2/c1-11-16(17-14(21-11)7-4-8-15(17)23)18(24)22-19(9-10-19)12-5-2-3-6-13(12)20/h2-3,5-6,21H,4,7-10H2,1H3,(H,22,24). The summed E-state index contributed by atoms with van der Waals surface area (Å²) in [5.41, 5.74) is 3.32.